The Bertz CT molecular complexity index is 239. The van der Waals surface area contributed by atoms with Crippen LogP contribution in [0.2, 0.25) is 0 Å². The molecule has 2 aliphatic rings. The van der Waals surface area contributed by atoms with Gasteiger partial charge in [-0.05, 0) is 12.8 Å². The fourth-order valence-electron chi connectivity index (χ4n) is 1.97. The van der Waals surface area contributed by atoms with Crippen molar-refractivity contribution in [3.63, 3.8) is 0 Å². The zero-order valence-electron chi connectivity index (χ0n) is 7.97. The third-order valence-corrected chi connectivity index (χ3v) is 2.91. The van der Waals surface area contributed by atoms with E-state index in [1.54, 1.807) is 0 Å². The van der Waals surface area contributed by atoms with Crippen molar-refractivity contribution >= 4 is 11.8 Å². The molecule has 0 bridgehead atoms. The molecule has 0 radical (unpaired) electrons. The van der Waals surface area contributed by atoms with E-state index < -0.39 is 5.41 Å². The zero-order valence-corrected chi connectivity index (χ0v) is 7.97. The summed E-state index contributed by atoms with van der Waals surface area (Å²) in [6.07, 6.45) is 0.981. The van der Waals surface area contributed by atoms with Crippen molar-refractivity contribution in [3.05, 3.63) is 0 Å². The summed E-state index contributed by atoms with van der Waals surface area (Å²) in [6, 6.07) is 0. The molecule has 0 saturated carbocycles. The van der Waals surface area contributed by atoms with E-state index >= 15 is 0 Å². The van der Waals surface area contributed by atoms with E-state index in [1.165, 1.54) is 0 Å². The molecule has 14 heavy (non-hydrogen) atoms. The quantitative estimate of drug-likeness (QED) is 0.492. The maximum absolute atomic E-state index is 11.8. The molecule has 0 aromatic carbocycles. The Morgan fingerprint density at radius 3 is 2.00 bits per heavy atom. The summed E-state index contributed by atoms with van der Waals surface area (Å²) in [5, 5.41) is 5.52. The number of rotatable bonds is 0. The normalized spacial score (nSPS) is 26.6. The van der Waals surface area contributed by atoms with Gasteiger partial charge in [-0.2, -0.15) is 0 Å². The van der Waals surface area contributed by atoms with Gasteiger partial charge in [0.05, 0.1) is 0 Å². The Morgan fingerprint density at radius 2 is 1.50 bits per heavy atom. The van der Waals surface area contributed by atoms with Crippen LogP contribution in [0.25, 0.3) is 0 Å². The largest absolute Gasteiger partial charge is 0.381 e. The highest BCUT2D eigenvalue weighted by Crippen LogP contribution is 2.31. The molecule has 0 aliphatic carbocycles. The predicted octanol–water partition coefficient (Wildman–Crippen LogP) is -0.971. The molecule has 2 amide bonds. The third-order valence-electron chi connectivity index (χ3n) is 2.91. The van der Waals surface area contributed by atoms with Gasteiger partial charge in [0, 0.05) is 26.3 Å². The van der Waals surface area contributed by atoms with E-state index in [-0.39, 0.29) is 11.8 Å². The Hall–Kier alpha value is -1.10. The van der Waals surface area contributed by atoms with Gasteiger partial charge >= 0.3 is 0 Å². The Labute approximate surface area is 82.2 Å². The van der Waals surface area contributed by atoms with Crippen molar-refractivity contribution in [3.8, 4) is 0 Å². The van der Waals surface area contributed by atoms with Gasteiger partial charge in [-0.25, -0.2) is 0 Å². The Kier molecular flexibility index (Phi) is 2.41. The SMILES string of the molecule is O=C1NCCNC(=O)C12CCOCC2. The van der Waals surface area contributed by atoms with E-state index in [4.69, 9.17) is 4.74 Å². The van der Waals surface area contributed by atoms with Gasteiger partial charge in [-0.15, -0.1) is 0 Å². The molecule has 0 aromatic rings. The van der Waals surface area contributed by atoms with Crippen molar-refractivity contribution in [2.24, 2.45) is 5.41 Å². The molecule has 1 spiro atoms. The average molecular weight is 198 g/mol. The summed E-state index contributed by atoms with van der Waals surface area (Å²) in [7, 11) is 0. The van der Waals surface area contributed by atoms with Gasteiger partial charge in [0.2, 0.25) is 11.8 Å². The second-order valence-electron chi connectivity index (χ2n) is 3.71. The van der Waals surface area contributed by atoms with Gasteiger partial charge in [0.1, 0.15) is 5.41 Å². The third kappa shape index (κ3) is 1.37. The first-order valence-electron chi connectivity index (χ1n) is 4.90. The summed E-state index contributed by atoms with van der Waals surface area (Å²) >= 11 is 0. The first-order chi connectivity index (χ1) is 6.76. The second-order valence-corrected chi connectivity index (χ2v) is 3.71. The topological polar surface area (TPSA) is 67.4 Å². The predicted molar refractivity (Wildman–Crippen MR) is 48.5 cm³/mol. The molecule has 0 aromatic heterocycles. The highest BCUT2D eigenvalue weighted by atomic mass is 16.5. The van der Waals surface area contributed by atoms with Crippen LogP contribution in [-0.4, -0.2) is 38.1 Å². The van der Waals surface area contributed by atoms with Crippen LogP contribution < -0.4 is 10.6 Å². The van der Waals surface area contributed by atoms with Crippen LogP contribution in [-0.2, 0) is 14.3 Å². The summed E-state index contributed by atoms with van der Waals surface area (Å²) in [5.74, 6) is -0.286. The minimum atomic E-state index is -0.866. The monoisotopic (exact) mass is 198 g/mol. The number of amides is 2. The number of ether oxygens (including phenoxy) is 1. The van der Waals surface area contributed by atoms with E-state index in [0.29, 0.717) is 39.1 Å². The molecule has 2 rings (SSSR count). The number of hydrogen-bond donors (Lipinski definition) is 2. The smallest absolute Gasteiger partial charge is 0.235 e. The van der Waals surface area contributed by atoms with Crippen molar-refractivity contribution in [1.29, 1.82) is 0 Å². The van der Waals surface area contributed by atoms with Gasteiger partial charge in [0.25, 0.3) is 0 Å². The summed E-state index contributed by atoms with van der Waals surface area (Å²) in [4.78, 5) is 23.5. The van der Waals surface area contributed by atoms with Crippen LogP contribution in [0.5, 0.6) is 0 Å². The van der Waals surface area contributed by atoms with E-state index in [0.717, 1.165) is 0 Å². The lowest BCUT2D eigenvalue weighted by Crippen LogP contribution is -2.50. The molecule has 0 unspecified atom stereocenters. The molecule has 78 valence electrons. The summed E-state index contributed by atoms with van der Waals surface area (Å²) < 4.78 is 5.17. The van der Waals surface area contributed by atoms with Crippen LogP contribution in [0.15, 0.2) is 0 Å². The highest BCUT2D eigenvalue weighted by Gasteiger charge is 2.47. The van der Waals surface area contributed by atoms with E-state index in [2.05, 4.69) is 10.6 Å². The number of carbonyl (C=O) groups excluding carboxylic acids is 2. The highest BCUT2D eigenvalue weighted by molar-refractivity contribution is 6.05. The Balaban J connectivity index is 2.25. The molecule has 2 aliphatic heterocycles. The van der Waals surface area contributed by atoms with Crippen LogP contribution in [0, 0.1) is 5.41 Å². The van der Waals surface area contributed by atoms with Crippen molar-refractivity contribution < 1.29 is 14.3 Å². The molecule has 2 saturated heterocycles. The van der Waals surface area contributed by atoms with Crippen LogP contribution in [0.3, 0.4) is 0 Å². The fourth-order valence-corrected chi connectivity index (χ4v) is 1.97. The molecule has 0 atom stereocenters. The molecular formula is C9H14N2O3. The van der Waals surface area contributed by atoms with Gasteiger partial charge in [0.15, 0.2) is 0 Å². The second kappa shape index (κ2) is 3.57. The van der Waals surface area contributed by atoms with Crippen molar-refractivity contribution in [2.75, 3.05) is 26.3 Å². The zero-order chi connectivity index (χ0) is 10.0. The van der Waals surface area contributed by atoms with Gasteiger partial charge in [-0.3, -0.25) is 9.59 Å². The molecule has 2 N–H and O–H groups in total. The standard InChI is InChI=1S/C9H14N2O3/c12-7-9(1-5-14-6-2-9)8(13)11-4-3-10-7/h1-6H2,(H,10,12)(H,11,13). The number of hydrogen-bond acceptors (Lipinski definition) is 3. The molecule has 2 fully saturated rings. The lowest BCUT2D eigenvalue weighted by molar-refractivity contribution is -0.148. The van der Waals surface area contributed by atoms with Crippen LogP contribution >= 0.6 is 0 Å². The first-order valence-corrected chi connectivity index (χ1v) is 4.90. The average Bonchev–Trinajstić information content (AvgIpc) is 2.35. The minimum absolute atomic E-state index is 0.143. The van der Waals surface area contributed by atoms with E-state index in [1.807, 2.05) is 0 Å². The molecule has 2 heterocycles. The molecule has 5 nitrogen and oxygen atoms in total. The maximum atomic E-state index is 11.8. The summed E-state index contributed by atoms with van der Waals surface area (Å²) in [5.41, 5.74) is -0.866. The number of carbonyl (C=O) groups is 2. The van der Waals surface area contributed by atoms with Gasteiger partial charge in [-0.1, -0.05) is 0 Å². The minimum Gasteiger partial charge on any atom is -0.381 e. The Morgan fingerprint density at radius 1 is 1.00 bits per heavy atom. The van der Waals surface area contributed by atoms with Crippen LogP contribution in [0.4, 0.5) is 0 Å². The lowest BCUT2D eigenvalue weighted by Gasteiger charge is -2.32. The number of nitrogens with one attached hydrogen (secondary N) is 2. The van der Waals surface area contributed by atoms with Crippen molar-refractivity contribution in [1.82, 2.24) is 10.6 Å². The molecular weight excluding hydrogens is 184 g/mol. The van der Waals surface area contributed by atoms with E-state index in [9.17, 15) is 9.59 Å². The first kappa shape index (κ1) is 9.45. The maximum Gasteiger partial charge on any atom is 0.235 e. The fraction of sp³-hybridized carbons (Fsp3) is 0.778. The lowest BCUT2D eigenvalue weighted by atomic mass is 9.78. The van der Waals surface area contributed by atoms with Crippen LogP contribution in [0.1, 0.15) is 12.8 Å². The van der Waals surface area contributed by atoms with Gasteiger partial charge < -0.3 is 15.4 Å². The summed E-state index contributed by atoms with van der Waals surface area (Å²) in [6.45, 7) is 2.02. The van der Waals surface area contributed by atoms with Crippen molar-refractivity contribution in [2.45, 2.75) is 12.8 Å². The molecule has 5 heteroatoms.